The molecule has 0 fully saturated rings. The summed E-state index contributed by atoms with van der Waals surface area (Å²) >= 11 is 6.46. The molecule has 0 saturated heterocycles. The molecule has 0 spiro atoms. The van der Waals surface area contributed by atoms with Crippen LogP contribution in [0.1, 0.15) is 43.6 Å². The van der Waals surface area contributed by atoms with Crippen LogP contribution in [0.15, 0.2) is 54.6 Å². The van der Waals surface area contributed by atoms with Crippen molar-refractivity contribution in [3.8, 4) is 23.0 Å². The van der Waals surface area contributed by atoms with Gasteiger partial charge in [0.25, 0.3) is 0 Å². The standard InChI is InChI=1S/C25H23ClN4O3/c1-14(31)16-5-7-17(8-6-16)22-20(26)13-21-23(28-22)29-24(27-21)33-19-11-9-18(10-12-19)25(3,4)30-15(2)32/h5-13H,1-4H3,(H,30,32)(H,27,28,29). The Morgan fingerprint density at radius 2 is 1.67 bits per heavy atom. The molecule has 168 valence electrons. The molecule has 0 bridgehead atoms. The van der Waals surface area contributed by atoms with E-state index in [9.17, 15) is 9.59 Å². The predicted octanol–water partition coefficient (Wildman–Crippen LogP) is 5.64. The number of hydrogen-bond donors (Lipinski definition) is 2. The number of halogens is 1. The summed E-state index contributed by atoms with van der Waals surface area (Å²) in [5, 5.41) is 3.38. The molecule has 0 aliphatic rings. The maximum atomic E-state index is 11.5. The molecule has 8 heteroatoms. The number of carbonyl (C=O) groups excluding carboxylic acids is 2. The molecule has 0 aliphatic carbocycles. The van der Waals surface area contributed by atoms with Crippen LogP contribution in [0.25, 0.3) is 22.4 Å². The number of hydrogen-bond acceptors (Lipinski definition) is 5. The van der Waals surface area contributed by atoms with Gasteiger partial charge in [0.1, 0.15) is 5.75 Å². The third kappa shape index (κ3) is 4.88. The number of fused-ring (bicyclic) bond motifs is 1. The van der Waals surface area contributed by atoms with Gasteiger partial charge in [-0.3, -0.25) is 9.59 Å². The Morgan fingerprint density at radius 1 is 1.00 bits per heavy atom. The van der Waals surface area contributed by atoms with E-state index in [-0.39, 0.29) is 17.7 Å². The van der Waals surface area contributed by atoms with Gasteiger partial charge in [0.2, 0.25) is 5.91 Å². The van der Waals surface area contributed by atoms with Crippen molar-refractivity contribution in [1.29, 1.82) is 0 Å². The molecular formula is C25H23ClN4O3. The third-order valence-electron chi connectivity index (χ3n) is 5.25. The van der Waals surface area contributed by atoms with Crippen LogP contribution in [0.2, 0.25) is 5.02 Å². The summed E-state index contributed by atoms with van der Waals surface area (Å²) < 4.78 is 5.87. The van der Waals surface area contributed by atoms with E-state index in [4.69, 9.17) is 16.3 Å². The molecule has 2 N–H and O–H groups in total. The van der Waals surface area contributed by atoms with Crippen LogP contribution in [0.5, 0.6) is 11.8 Å². The topological polar surface area (TPSA) is 97.0 Å². The second-order valence-electron chi connectivity index (χ2n) is 8.30. The van der Waals surface area contributed by atoms with Gasteiger partial charge in [0.15, 0.2) is 11.4 Å². The van der Waals surface area contributed by atoms with Gasteiger partial charge in [-0.2, -0.15) is 4.98 Å². The van der Waals surface area contributed by atoms with Gasteiger partial charge in [-0.25, -0.2) is 4.98 Å². The van der Waals surface area contributed by atoms with Gasteiger partial charge in [0.05, 0.1) is 21.8 Å². The predicted molar refractivity (Wildman–Crippen MR) is 128 cm³/mol. The average Bonchev–Trinajstić information content (AvgIpc) is 3.13. The van der Waals surface area contributed by atoms with E-state index in [0.29, 0.717) is 33.2 Å². The molecule has 0 saturated carbocycles. The number of rotatable bonds is 6. The van der Waals surface area contributed by atoms with Gasteiger partial charge in [-0.1, -0.05) is 48.0 Å². The zero-order chi connectivity index (χ0) is 23.8. The Morgan fingerprint density at radius 3 is 2.27 bits per heavy atom. The largest absolute Gasteiger partial charge is 0.426 e. The Balaban J connectivity index is 1.57. The van der Waals surface area contributed by atoms with E-state index >= 15 is 0 Å². The van der Waals surface area contributed by atoms with Crippen molar-refractivity contribution in [2.24, 2.45) is 0 Å². The van der Waals surface area contributed by atoms with Crippen molar-refractivity contribution in [2.45, 2.75) is 33.2 Å². The quantitative estimate of drug-likeness (QED) is 0.361. The lowest BCUT2D eigenvalue weighted by Gasteiger charge is -2.26. The first-order valence-electron chi connectivity index (χ1n) is 10.4. The second kappa shape index (κ2) is 8.67. The fourth-order valence-corrected chi connectivity index (χ4v) is 3.83. The van der Waals surface area contributed by atoms with Crippen LogP contribution in [-0.4, -0.2) is 26.6 Å². The molecule has 2 heterocycles. The summed E-state index contributed by atoms with van der Waals surface area (Å²) in [4.78, 5) is 35.0. The van der Waals surface area contributed by atoms with Crippen molar-refractivity contribution in [3.05, 3.63) is 70.7 Å². The highest BCUT2D eigenvalue weighted by Gasteiger charge is 2.21. The lowest BCUT2D eigenvalue weighted by Crippen LogP contribution is -2.39. The van der Waals surface area contributed by atoms with Crippen molar-refractivity contribution in [3.63, 3.8) is 0 Å². The molecule has 2 aromatic carbocycles. The van der Waals surface area contributed by atoms with E-state index in [1.54, 1.807) is 18.2 Å². The lowest BCUT2D eigenvalue weighted by molar-refractivity contribution is -0.120. The van der Waals surface area contributed by atoms with Crippen molar-refractivity contribution >= 4 is 34.5 Å². The summed E-state index contributed by atoms with van der Waals surface area (Å²) in [6.45, 7) is 6.89. The molecule has 0 atom stereocenters. The summed E-state index contributed by atoms with van der Waals surface area (Å²) in [7, 11) is 0. The maximum absolute atomic E-state index is 11.5. The van der Waals surface area contributed by atoms with E-state index in [0.717, 1.165) is 11.1 Å². The van der Waals surface area contributed by atoms with E-state index in [1.165, 1.54) is 13.8 Å². The van der Waals surface area contributed by atoms with Gasteiger partial charge in [-0.05, 0) is 44.5 Å². The first-order valence-corrected chi connectivity index (χ1v) is 10.7. The van der Waals surface area contributed by atoms with Crippen LogP contribution in [0, 0.1) is 0 Å². The molecule has 4 aromatic rings. The average molecular weight is 463 g/mol. The first kappa shape index (κ1) is 22.5. The Bertz CT molecular complexity index is 1340. The van der Waals surface area contributed by atoms with Crippen LogP contribution in [0.3, 0.4) is 0 Å². The molecule has 0 aliphatic heterocycles. The smallest absolute Gasteiger partial charge is 0.301 e. The number of pyridine rings is 1. The fraction of sp³-hybridized carbons (Fsp3) is 0.200. The minimum Gasteiger partial charge on any atom is -0.426 e. The number of aromatic amines is 1. The normalized spacial score (nSPS) is 11.4. The highest BCUT2D eigenvalue weighted by molar-refractivity contribution is 6.33. The number of nitrogens with one attached hydrogen (secondary N) is 2. The monoisotopic (exact) mass is 462 g/mol. The van der Waals surface area contributed by atoms with Crippen molar-refractivity contribution in [2.75, 3.05) is 0 Å². The lowest BCUT2D eigenvalue weighted by atomic mass is 9.94. The Labute approximate surface area is 196 Å². The minimum absolute atomic E-state index is 0.00291. The van der Waals surface area contributed by atoms with Crippen LogP contribution >= 0.6 is 11.6 Å². The SMILES string of the molecule is CC(=O)NC(C)(C)c1ccc(Oc2nc3nc(-c4ccc(C(C)=O)cc4)c(Cl)cc3[nH]2)cc1. The summed E-state index contributed by atoms with van der Waals surface area (Å²) in [5.41, 5.74) is 3.53. The molecule has 1 amide bonds. The van der Waals surface area contributed by atoms with Crippen LogP contribution < -0.4 is 10.1 Å². The molecule has 0 radical (unpaired) electrons. The number of H-pyrrole nitrogens is 1. The maximum Gasteiger partial charge on any atom is 0.301 e. The number of nitrogens with zero attached hydrogens (tertiary/aromatic N) is 2. The Kier molecular flexibility index (Phi) is 5.91. The second-order valence-corrected chi connectivity index (χ2v) is 8.71. The number of amides is 1. The highest BCUT2D eigenvalue weighted by Crippen LogP contribution is 2.31. The number of ether oxygens (including phenoxy) is 1. The van der Waals surface area contributed by atoms with Crippen LogP contribution in [-0.2, 0) is 10.3 Å². The van der Waals surface area contributed by atoms with Gasteiger partial charge in [0, 0.05) is 18.1 Å². The summed E-state index contributed by atoms with van der Waals surface area (Å²) in [5.74, 6) is 0.488. The van der Waals surface area contributed by atoms with Crippen LogP contribution in [0.4, 0.5) is 0 Å². The molecule has 2 aromatic heterocycles. The number of carbonyl (C=O) groups is 2. The number of aromatic nitrogens is 3. The third-order valence-corrected chi connectivity index (χ3v) is 5.54. The van der Waals surface area contributed by atoms with Gasteiger partial charge in [-0.15, -0.1) is 0 Å². The Hall–Kier alpha value is -3.71. The molecule has 7 nitrogen and oxygen atoms in total. The molecular weight excluding hydrogens is 440 g/mol. The number of benzene rings is 2. The van der Waals surface area contributed by atoms with E-state index < -0.39 is 5.54 Å². The zero-order valence-corrected chi connectivity index (χ0v) is 19.4. The number of Topliss-reactive ketones (excluding diaryl/α,β-unsaturated/α-hetero) is 1. The number of imidazole rings is 1. The summed E-state index contributed by atoms with van der Waals surface area (Å²) in [6, 6.07) is 16.6. The van der Waals surface area contributed by atoms with E-state index in [1.807, 2.05) is 50.2 Å². The zero-order valence-electron chi connectivity index (χ0n) is 18.7. The first-order chi connectivity index (χ1) is 15.6. The van der Waals surface area contributed by atoms with Crippen molar-refractivity contribution in [1.82, 2.24) is 20.3 Å². The fourth-order valence-electron chi connectivity index (χ4n) is 3.57. The molecule has 33 heavy (non-hydrogen) atoms. The van der Waals surface area contributed by atoms with Crippen molar-refractivity contribution < 1.29 is 14.3 Å². The minimum atomic E-state index is -0.497. The van der Waals surface area contributed by atoms with Gasteiger partial charge >= 0.3 is 6.01 Å². The molecule has 0 unspecified atom stereocenters. The van der Waals surface area contributed by atoms with Gasteiger partial charge < -0.3 is 15.0 Å². The number of ketones is 1. The van der Waals surface area contributed by atoms with E-state index in [2.05, 4.69) is 20.3 Å². The summed E-state index contributed by atoms with van der Waals surface area (Å²) in [6.07, 6.45) is 0. The highest BCUT2D eigenvalue weighted by atomic mass is 35.5. The molecule has 4 rings (SSSR count).